The second-order valence-electron chi connectivity index (χ2n) is 4.30. The van der Waals surface area contributed by atoms with Crippen LogP contribution in [0.3, 0.4) is 0 Å². The maximum atomic E-state index is 12.1. The van der Waals surface area contributed by atoms with E-state index in [1.807, 2.05) is 0 Å². The highest BCUT2D eigenvalue weighted by atomic mass is 16.5. The number of aliphatic hydroxyl groups is 1. The fourth-order valence-corrected chi connectivity index (χ4v) is 2.20. The summed E-state index contributed by atoms with van der Waals surface area (Å²) in [4.78, 5) is 12.1. The molecular formula is C13H16O3. The number of hydrogen-bond acceptors (Lipinski definition) is 3. The maximum absolute atomic E-state index is 12.1. The molecule has 1 aromatic rings. The molecular weight excluding hydrogens is 204 g/mol. The zero-order chi connectivity index (χ0) is 11.6. The van der Waals surface area contributed by atoms with Crippen molar-refractivity contribution >= 4 is 5.78 Å². The number of benzene rings is 1. The monoisotopic (exact) mass is 220 g/mol. The minimum Gasteiger partial charge on any atom is -0.497 e. The van der Waals surface area contributed by atoms with Gasteiger partial charge in [-0.15, -0.1) is 0 Å². The standard InChI is InChI=1S/C13H16O3/c1-16-11-6-4-10(5-7-11)12(14)13(15)8-2-3-9-13/h4-7,15H,2-3,8-9H2,1H3. The summed E-state index contributed by atoms with van der Waals surface area (Å²) >= 11 is 0. The second-order valence-corrected chi connectivity index (χ2v) is 4.30. The molecule has 1 N–H and O–H groups in total. The fourth-order valence-electron chi connectivity index (χ4n) is 2.20. The Morgan fingerprint density at radius 3 is 2.31 bits per heavy atom. The predicted octanol–water partition coefficient (Wildman–Crippen LogP) is 2.18. The van der Waals surface area contributed by atoms with Gasteiger partial charge < -0.3 is 9.84 Å². The summed E-state index contributed by atoms with van der Waals surface area (Å²) < 4.78 is 5.03. The molecule has 3 nitrogen and oxygen atoms in total. The molecule has 1 aromatic carbocycles. The molecule has 0 spiro atoms. The average Bonchev–Trinajstić information content (AvgIpc) is 2.77. The summed E-state index contributed by atoms with van der Waals surface area (Å²) in [6.07, 6.45) is 3.02. The first kappa shape index (κ1) is 11.1. The number of carbonyl (C=O) groups is 1. The Kier molecular flexibility index (Phi) is 2.97. The summed E-state index contributed by atoms with van der Waals surface area (Å²) in [6, 6.07) is 6.89. The molecule has 0 aliphatic heterocycles. The van der Waals surface area contributed by atoms with Crippen molar-refractivity contribution in [2.24, 2.45) is 0 Å². The van der Waals surface area contributed by atoms with E-state index >= 15 is 0 Å². The van der Waals surface area contributed by atoms with Crippen molar-refractivity contribution in [3.05, 3.63) is 29.8 Å². The molecule has 0 heterocycles. The van der Waals surface area contributed by atoms with Gasteiger partial charge in [0.25, 0.3) is 0 Å². The van der Waals surface area contributed by atoms with Crippen molar-refractivity contribution in [2.45, 2.75) is 31.3 Å². The normalized spacial score (nSPS) is 18.4. The molecule has 3 heteroatoms. The first-order valence-corrected chi connectivity index (χ1v) is 5.57. The van der Waals surface area contributed by atoms with Gasteiger partial charge in [-0.25, -0.2) is 0 Å². The zero-order valence-corrected chi connectivity index (χ0v) is 9.40. The SMILES string of the molecule is COc1ccc(C(=O)C2(O)CCCC2)cc1. The van der Waals surface area contributed by atoms with Crippen LogP contribution in [0.2, 0.25) is 0 Å². The van der Waals surface area contributed by atoms with Crippen LogP contribution in [-0.4, -0.2) is 23.6 Å². The second kappa shape index (κ2) is 4.26. The predicted molar refractivity (Wildman–Crippen MR) is 60.7 cm³/mol. The fraction of sp³-hybridized carbons (Fsp3) is 0.462. The molecule has 0 atom stereocenters. The lowest BCUT2D eigenvalue weighted by Crippen LogP contribution is -2.35. The molecule has 0 aromatic heterocycles. The molecule has 1 aliphatic rings. The molecule has 86 valence electrons. The van der Waals surface area contributed by atoms with Crippen LogP contribution < -0.4 is 4.74 Å². The van der Waals surface area contributed by atoms with Gasteiger partial charge in [0.2, 0.25) is 0 Å². The Morgan fingerprint density at radius 1 is 1.25 bits per heavy atom. The molecule has 0 saturated heterocycles. The Labute approximate surface area is 95.0 Å². The Balaban J connectivity index is 2.20. The maximum Gasteiger partial charge on any atom is 0.194 e. The first-order chi connectivity index (χ1) is 7.65. The van der Waals surface area contributed by atoms with E-state index in [1.165, 1.54) is 0 Å². The molecule has 0 amide bonds. The lowest BCUT2D eigenvalue weighted by Gasteiger charge is -2.20. The molecule has 1 fully saturated rings. The van der Waals surface area contributed by atoms with Gasteiger partial charge in [-0.3, -0.25) is 4.79 Å². The molecule has 2 rings (SSSR count). The van der Waals surface area contributed by atoms with E-state index in [-0.39, 0.29) is 5.78 Å². The van der Waals surface area contributed by atoms with E-state index in [1.54, 1.807) is 31.4 Å². The van der Waals surface area contributed by atoms with Crippen LogP contribution in [0.15, 0.2) is 24.3 Å². The van der Waals surface area contributed by atoms with Gasteiger partial charge in [0.05, 0.1) is 7.11 Å². The van der Waals surface area contributed by atoms with Crippen LogP contribution in [0.25, 0.3) is 0 Å². The summed E-state index contributed by atoms with van der Waals surface area (Å²) in [6.45, 7) is 0. The zero-order valence-electron chi connectivity index (χ0n) is 9.40. The van der Waals surface area contributed by atoms with Crippen LogP contribution in [0.5, 0.6) is 5.75 Å². The lowest BCUT2D eigenvalue weighted by atomic mass is 9.91. The Hall–Kier alpha value is -1.35. The number of methoxy groups -OCH3 is 1. The lowest BCUT2D eigenvalue weighted by molar-refractivity contribution is 0.0353. The number of ketones is 1. The molecule has 1 saturated carbocycles. The van der Waals surface area contributed by atoms with Crippen molar-refractivity contribution in [1.82, 2.24) is 0 Å². The largest absolute Gasteiger partial charge is 0.497 e. The molecule has 16 heavy (non-hydrogen) atoms. The highest BCUT2D eigenvalue weighted by molar-refractivity contribution is 6.02. The van der Waals surface area contributed by atoms with Gasteiger partial charge in [-0.2, -0.15) is 0 Å². The van der Waals surface area contributed by atoms with Gasteiger partial charge in [0.1, 0.15) is 11.4 Å². The molecule has 0 radical (unpaired) electrons. The van der Waals surface area contributed by atoms with Crippen LogP contribution in [0, 0.1) is 0 Å². The number of Topliss-reactive ketones (excluding diaryl/α,β-unsaturated/α-hetero) is 1. The number of hydrogen-bond donors (Lipinski definition) is 1. The highest BCUT2D eigenvalue weighted by Gasteiger charge is 2.38. The summed E-state index contributed by atoms with van der Waals surface area (Å²) in [5.74, 6) is 0.558. The third-order valence-corrected chi connectivity index (χ3v) is 3.21. The van der Waals surface area contributed by atoms with Gasteiger partial charge in [-0.05, 0) is 49.9 Å². The number of carbonyl (C=O) groups excluding carboxylic acids is 1. The minimum atomic E-state index is -1.13. The third-order valence-electron chi connectivity index (χ3n) is 3.21. The third kappa shape index (κ3) is 1.95. The van der Waals surface area contributed by atoms with Crippen LogP contribution in [0.4, 0.5) is 0 Å². The van der Waals surface area contributed by atoms with E-state index in [2.05, 4.69) is 0 Å². The van der Waals surface area contributed by atoms with E-state index in [4.69, 9.17) is 4.74 Å². The van der Waals surface area contributed by atoms with E-state index in [9.17, 15) is 9.90 Å². The first-order valence-electron chi connectivity index (χ1n) is 5.57. The van der Waals surface area contributed by atoms with Gasteiger partial charge in [0, 0.05) is 5.56 Å². The quantitative estimate of drug-likeness (QED) is 0.794. The summed E-state index contributed by atoms with van der Waals surface area (Å²) in [7, 11) is 1.58. The van der Waals surface area contributed by atoms with Crippen molar-refractivity contribution in [1.29, 1.82) is 0 Å². The van der Waals surface area contributed by atoms with Crippen LogP contribution in [-0.2, 0) is 0 Å². The number of ether oxygens (including phenoxy) is 1. The van der Waals surface area contributed by atoms with Crippen LogP contribution in [0.1, 0.15) is 36.0 Å². The number of rotatable bonds is 3. The van der Waals surface area contributed by atoms with Gasteiger partial charge in [0.15, 0.2) is 5.78 Å². The molecule has 1 aliphatic carbocycles. The minimum absolute atomic E-state index is 0.160. The Bertz CT molecular complexity index is 375. The highest BCUT2D eigenvalue weighted by Crippen LogP contribution is 2.32. The van der Waals surface area contributed by atoms with Crippen LogP contribution >= 0.6 is 0 Å². The summed E-state index contributed by atoms with van der Waals surface area (Å²) in [5, 5.41) is 10.2. The average molecular weight is 220 g/mol. The van der Waals surface area contributed by atoms with Crippen molar-refractivity contribution in [2.75, 3.05) is 7.11 Å². The summed E-state index contributed by atoms with van der Waals surface area (Å²) in [5.41, 5.74) is -0.570. The molecule has 0 bridgehead atoms. The van der Waals surface area contributed by atoms with Gasteiger partial charge in [-0.1, -0.05) is 0 Å². The smallest absolute Gasteiger partial charge is 0.194 e. The van der Waals surface area contributed by atoms with E-state index < -0.39 is 5.60 Å². The van der Waals surface area contributed by atoms with E-state index in [0.717, 1.165) is 18.6 Å². The van der Waals surface area contributed by atoms with Crippen molar-refractivity contribution in [3.63, 3.8) is 0 Å². The van der Waals surface area contributed by atoms with Crippen molar-refractivity contribution in [3.8, 4) is 5.75 Å². The topological polar surface area (TPSA) is 46.5 Å². The molecule has 0 unspecified atom stereocenters. The van der Waals surface area contributed by atoms with Gasteiger partial charge >= 0.3 is 0 Å². The Morgan fingerprint density at radius 2 is 1.81 bits per heavy atom. The van der Waals surface area contributed by atoms with Crippen molar-refractivity contribution < 1.29 is 14.6 Å². The van der Waals surface area contributed by atoms with E-state index in [0.29, 0.717) is 18.4 Å².